The third kappa shape index (κ3) is 4.00. The van der Waals surface area contributed by atoms with Gasteiger partial charge in [0.2, 0.25) is 0 Å². The van der Waals surface area contributed by atoms with Gasteiger partial charge in [0.15, 0.2) is 0 Å². The van der Waals surface area contributed by atoms with Crippen LogP contribution in [0.25, 0.3) is 0 Å². The summed E-state index contributed by atoms with van der Waals surface area (Å²) in [6.07, 6.45) is 3.39. The molecule has 102 valence electrons. The van der Waals surface area contributed by atoms with E-state index in [9.17, 15) is 0 Å². The van der Waals surface area contributed by atoms with Gasteiger partial charge >= 0.3 is 0 Å². The smallest absolute Gasteiger partial charge is 0.260 e. The molecule has 0 saturated heterocycles. The Labute approximate surface area is 122 Å². The first-order valence-electron chi connectivity index (χ1n) is 6.22. The molecule has 0 saturated carbocycles. The summed E-state index contributed by atoms with van der Waals surface area (Å²) in [7, 11) is 0. The van der Waals surface area contributed by atoms with Crippen molar-refractivity contribution < 1.29 is 4.42 Å². The lowest BCUT2D eigenvalue weighted by Crippen LogP contribution is -2.21. The molecule has 5 heteroatoms. The summed E-state index contributed by atoms with van der Waals surface area (Å²) in [5.41, 5.74) is 8.05. The third-order valence-corrected chi connectivity index (χ3v) is 4.04. The monoisotopic (exact) mass is 296 g/mol. The Kier molecular flexibility index (Phi) is 4.91. The van der Waals surface area contributed by atoms with Crippen LogP contribution in [0.15, 0.2) is 39.0 Å². The second-order valence-corrected chi connectivity index (χ2v) is 5.91. The maximum atomic E-state index is 6.06. The number of oxazole rings is 1. The van der Waals surface area contributed by atoms with E-state index in [2.05, 4.69) is 11.9 Å². The number of aromatic nitrogens is 1. The highest BCUT2D eigenvalue weighted by atomic mass is 35.5. The van der Waals surface area contributed by atoms with E-state index < -0.39 is 0 Å². The fraction of sp³-hybridized carbons (Fsp3) is 0.357. The van der Waals surface area contributed by atoms with Crippen LogP contribution in [0.2, 0.25) is 5.02 Å². The second-order valence-electron chi connectivity index (χ2n) is 4.48. The van der Waals surface area contributed by atoms with Crippen LogP contribution in [0.1, 0.15) is 24.6 Å². The highest BCUT2D eigenvalue weighted by Crippen LogP contribution is 2.32. The normalized spacial score (nSPS) is 12.6. The van der Waals surface area contributed by atoms with Crippen LogP contribution >= 0.6 is 23.4 Å². The topological polar surface area (TPSA) is 52.0 Å². The molecular formula is C14H17ClN2OS. The van der Waals surface area contributed by atoms with Gasteiger partial charge in [-0.15, -0.1) is 0 Å². The Hall–Kier alpha value is -0.970. The fourth-order valence-corrected chi connectivity index (χ4v) is 2.79. The largest absolute Gasteiger partial charge is 0.439 e. The summed E-state index contributed by atoms with van der Waals surface area (Å²) in [5.74, 6) is 0. The van der Waals surface area contributed by atoms with E-state index in [4.69, 9.17) is 21.8 Å². The van der Waals surface area contributed by atoms with Crippen molar-refractivity contribution in [3.63, 3.8) is 0 Å². The molecule has 1 heterocycles. The third-order valence-electron chi connectivity index (χ3n) is 2.82. The van der Waals surface area contributed by atoms with Crippen molar-refractivity contribution in [1.29, 1.82) is 0 Å². The summed E-state index contributed by atoms with van der Waals surface area (Å²) < 4.78 is 5.37. The molecule has 0 amide bonds. The average molecular weight is 297 g/mol. The Morgan fingerprint density at radius 2 is 2.26 bits per heavy atom. The summed E-state index contributed by atoms with van der Waals surface area (Å²) in [4.78, 5) is 5.39. The van der Waals surface area contributed by atoms with E-state index in [1.807, 2.05) is 25.1 Å². The first kappa shape index (κ1) is 14.4. The predicted molar refractivity (Wildman–Crippen MR) is 78.8 cm³/mol. The molecule has 0 aliphatic rings. The van der Waals surface area contributed by atoms with Crippen LogP contribution in [-0.4, -0.2) is 11.0 Å². The van der Waals surface area contributed by atoms with Crippen molar-refractivity contribution in [2.24, 2.45) is 5.73 Å². The predicted octanol–water partition coefficient (Wildman–Crippen LogP) is 4.07. The zero-order valence-corrected chi connectivity index (χ0v) is 12.6. The van der Waals surface area contributed by atoms with E-state index in [-0.39, 0.29) is 6.04 Å². The summed E-state index contributed by atoms with van der Waals surface area (Å²) in [6, 6.07) is 5.98. The fourth-order valence-electron chi connectivity index (χ4n) is 1.71. The number of hydrogen-bond donors (Lipinski definition) is 1. The number of aryl methyl sites for hydroxylation is 1. The molecule has 1 unspecified atom stereocenters. The van der Waals surface area contributed by atoms with Crippen molar-refractivity contribution in [3.05, 3.63) is 40.7 Å². The Morgan fingerprint density at radius 3 is 2.89 bits per heavy atom. The van der Waals surface area contributed by atoms with Crippen molar-refractivity contribution in [3.8, 4) is 0 Å². The number of nitrogens with zero attached hydrogens (tertiary/aromatic N) is 1. The minimum atomic E-state index is 0.143. The molecule has 0 aliphatic heterocycles. The van der Waals surface area contributed by atoms with E-state index in [1.165, 1.54) is 11.8 Å². The van der Waals surface area contributed by atoms with Gasteiger partial charge in [-0.2, -0.15) is 0 Å². The van der Waals surface area contributed by atoms with E-state index >= 15 is 0 Å². The number of nitrogens with two attached hydrogens (primary N) is 1. The zero-order valence-electron chi connectivity index (χ0n) is 11.0. The van der Waals surface area contributed by atoms with Crippen LogP contribution in [0.3, 0.4) is 0 Å². The van der Waals surface area contributed by atoms with Gasteiger partial charge in [-0.25, -0.2) is 4.98 Å². The van der Waals surface area contributed by atoms with Crippen molar-refractivity contribution in [2.45, 2.75) is 42.8 Å². The molecule has 2 N–H and O–H groups in total. The molecule has 19 heavy (non-hydrogen) atoms. The van der Waals surface area contributed by atoms with E-state index in [1.54, 1.807) is 6.26 Å². The summed E-state index contributed by atoms with van der Waals surface area (Å²) in [6.45, 7) is 3.99. The standard InChI is InChI=1S/C14H17ClN2OS/c1-3-12(16)7-10-6-11(15)4-5-13(10)19-14-17-9(2)8-18-14/h4-6,8,12H,3,7,16H2,1-2H3. The second kappa shape index (κ2) is 6.46. The molecule has 1 aromatic carbocycles. The van der Waals surface area contributed by atoms with Crippen molar-refractivity contribution in [1.82, 2.24) is 4.98 Å². The van der Waals surface area contributed by atoms with Crippen LogP contribution in [-0.2, 0) is 6.42 Å². The molecule has 0 fully saturated rings. The maximum Gasteiger partial charge on any atom is 0.260 e. The van der Waals surface area contributed by atoms with Gasteiger partial charge in [0.1, 0.15) is 6.26 Å². The highest BCUT2D eigenvalue weighted by Gasteiger charge is 2.11. The number of benzene rings is 1. The van der Waals surface area contributed by atoms with E-state index in [0.29, 0.717) is 5.22 Å². The van der Waals surface area contributed by atoms with Gasteiger partial charge in [0.25, 0.3) is 5.22 Å². The first-order chi connectivity index (χ1) is 9.08. The molecule has 1 aromatic heterocycles. The van der Waals surface area contributed by atoms with Gasteiger partial charge in [0, 0.05) is 16.0 Å². The Balaban J connectivity index is 2.23. The molecule has 0 spiro atoms. The van der Waals surface area contributed by atoms with Gasteiger partial charge in [-0.3, -0.25) is 0 Å². The van der Waals surface area contributed by atoms with Gasteiger partial charge in [-0.1, -0.05) is 18.5 Å². The van der Waals surface area contributed by atoms with E-state index in [0.717, 1.165) is 34.0 Å². The zero-order chi connectivity index (χ0) is 13.8. The van der Waals surface area contributed by atoms with Crippen LogP contribution in [0, 0.1) is 6.92 Å². The summed E-state index contributed by atoms with van der Waals surface area (Å²) >= 11 is 7.57. The number of hydrogen-bond acceptors (Lipinski definition) is 4. The molecule has 1 atom stereocenters. The summed E-state index contributed by atoms with van der Waals surface area (Å²) in [5, 5.41) is 1.37. The van der Waals surface area contributed by atoms with Crippen LogP contribution in [0.4, 0.5) is 0 Å². The first-order valence-corrected chi connectivity index (χ1v) is 7.42. The lowest BCUT2D eigenvalue weighted by Gasteiger charge is -2.12. The average Bonchev–Trinajstić information content (AvgIpc) is 2.78. The molecule has 0 radical (unpaired) electrons. The molecule has 3 nitrogen and oxygen atoms in total. The molecular weight excluding hydrogens is 280 g/mol. The quantitative estimate of drug-likeness (QED) is 0.903. The van der Waals surface area contributed by atoms with Crippen molar-refractivity contribution in [2.75, 3.05) is 0 Å². The lowest BCUT2D eigenvalue weighted by atomic mass is 10.0. The highest BCUT2D eigenvalue weighted by molar-refractivity contribution is 7.99. The Bertz CT molecular complexity index is 556. The van der Waals surface area contributed by atoms with Crippen LogP contribution in [0.5, 0.6) is 0 Å². The van der Waals surface area contributed by atoms with Crippen LogP contribution < -0.4 is 5.73 Å². The van der Waals surface area contributed by atoms with Gasteiger partial charge < -0.3 is 10.2 Å². The number of halogens is 1. The van der Waals surface area contributed by atoms with Gasteiger partial charge in [-0.05, 0) is 55.3 Å². The lowest BCUT2D eigenvalue weighted by molar-refractivity contribution is 0.454. The van der Waals surface area contributed by atoms with Crippen molar-refractivity contribution >= 4 is 23.4 Å². The minimum Gasteiger partial charge on any atom is -0.439 e. The minimum absolute atomic E-state index is 0.143. The van der Waals surface area contributed by atoms with Gasteiger partial charge in [0.05, 0.1) is 5.69 Å². The number of rotatable bonds is 5. The maximum absolute atomic E-state index is 6.06. The molecule has 0 bridgehead atoms. The SMILES string of the molecule is CCC(N)Cc1cc(Cl)ccc1Sc1nc(C)co1. The Morgan fingerprint density at radius 1 is 1.47 bits per heavy atom. The molecule has 0 aliphatic carbocycles. The molecule has 2 aromatic rings. The molecule has 2 rings (SSSR count).